The summed E-state index contributed by atoms with van der Waals surface area (Å²) in [5, 5.41) is 17.7. The molecule has 0 bridgehead atoms. The molecule has 2 aromatic heterocycles. The van der Waals surface area contributed by atoms with Gasteiger partial charge in [0.05, 0.1) is 23.7 Å². The van der Waals surface area contributed by atoms with Crippen LogP contribution in [0.25, 0.3) is 17.5 Å². The van der Waals surface area contributed by atoms with Crippen molar-refractivity contribution in [1.29, 1.82) is 5.41 Å². The molecule has 2 amide bonds. The van der Waals surface area contributed by atoms with E-state index in [-0.39, 0.29) is 23.0 Å². The van der Waals surface area contributed by atoms with Crippen LogP contribution >= 0.6 is 0 Å². The van der Waals surface area contributed by atoms with Crippen LogP contribution in [-0.4, -0.2) is 55.2 Å². The number of nitrogens with one attached hydrogen (secondary N) is 3. The first-order valence-electron chi connectivity index (χ1n) is 9.74. The molecule has 1 aliphatic rings. The van der Waals surface area contributed by atoms with E-state index < -0.39 is 5.91 Å². The van der Waals surface area contributed by atoms with Gasteiger partial charge in [-0.05, 0) is 18.9 Å². The van der Waals surface area contributed by atoms with Crippen molar-refractivity contribution in [3.63, 3.8) is 0 Å². The number of likely N-dealkylation sites (tertiary alicyclic amines) is 1. The van der Waals surface area contributed by atoms with Gasteiger partial charge in [0.25, 0.3) is 11.8 Å². The molecule has 0 unspecified atom stereocenters. The van der Waals surface area contributed by atoms with Crippen molar-refractivity contribution >= 4 is 23.8 Å². The largest absolute Gasteiger partial charge is 0.339 e. The Labute approximate surface area is 173 Å². The van der Waals surface area contributed by atoms with Crippen LogP contribution in [0, 0.1) is 5.41 Å². The first-order chi connectivity index (χ1) is 14.5. The maximum absolute atomic E-state index is 12.7. The number of rotatable bonds is 5. The summed E-state index contributed by atoms with van der Waals surface area (Å²) >= 11 is 0. The Kier molecular flexibility index (Phi) is 5.34. The standard InChI is InChI=1S/C21H23N7O2/c1-26-19(16(13-23-26)21(30)27-10-5-6-11-27)20(29)24-18(22)9-12-28-14-17(25-28)15-7-3-2-4-8-15/h2-4,7-9,12-14,25H,5-6,10-11H2,1H3,(H2,22,24,29)/b12-9-. The molecule has 154 valence electrons. The zero-order valence-corrected chi connectivity index (χ0v) is 16.6. The molecule has 9 heteroatoms. The lowest BCUT2D eigenvalue weighted by Crippen LogP contribution is -2.34. The maximum Gasteiger partial charge on any atom is 0.275 e. The summed E-state index contributed by atoms with van der Waals surface area (Å²) in [6.07, 6.45) is 8.32. The molecule has 0 radical (unpaired) electrons. The molecule has 0 aliphatic carbocycles. The molecule has 1 saturated heterocycles. The number of nitrogens with zero attached hydrogens (tertiary/aromatic N) is 4. The third kappa shape index (κ3) is 3.95. The van der Waals surface area contributed by atoms with Crippen LogP contribution in [-0.2, 0) is 7.05 Å². The van der Waals surface area contributed by atoms with E-state index in [0.717, 1.165) is 24.1 Å². The number of aromatic nitrogens is 4. The van der Waals surface area contributed by atoms with Gasteiger partial charge in [0.2, 0.25) is 0 Å². The maximum atomic E-state index is 12.7. The van der Waals surface area contributed by atoms with Crippen LogP contribution in [0.5, 0.6) is 0 Å². The fourth-order valence-corrected chi connectivity index (χ4v) is 3.44. The predicted octanol–water partition coefficient (Wildman–Crippen LogP) is 2.33. The van der Waals surface area contributed by atoms with E-state index in [1.807, 2.05) is 36.5 Å². The minimum Gasteiger partial charge on any atom is -0.339 e. The van der Waals surface area contributed by atoms with E-state index in [0.29, 0.717) is 13.1 Å². The van der Waals surface area contributed by atoms with Gasteiger partial charge in [-0.25, -0.2) is 0 Å². The summed E-state index contributed by atoms with van der Waals surface area (Å²) in [7, 11) is 1.61. The molecule has 0 saturated carbocycles. The molecular formula is C21H23N7O2. The van der Waals surface area contributed by atoms with Crippen LogP contribution in [0.4, 0.5) is 0 Å². The molecule has 0 atom stereocenters. The van der Waals surface area contributed by atoms with E-state index in [1.54, 1.807) is 22.8 Å². The summed E-state index contributed by atoms with van der Waals surface area (Å²) in [5.74, 6) is -0.829. The predicted molar refractivity (Wildman–Crippen MR) is 113 cm³/mol. The van der Waals surface area contributed by atoms with E-state index >= 15 is 0 Å². The van der Waals surface area contributed by atoms with Gasteiger partial charge in [0.15, 0.2) is 0 Å². The lowest BCUT2D eigenvalue weighted by molar-refractivity contribution is 0.0785. The number of carbonyl (C=O) groups excluding carboxylic acids is 2. The molecule has 3 N–H and O–H groups in total. The Morgan fingerprint density at radius 1 is 1.20 bits per heavy atom. The van der Waals surface area contributed by atoms with E-state index in [2.05, 4.69) is 15.5 Å². The highest BCUT2D eigenvalue weighted by molar-refractivity contribution is 6.13. The summed E-state index contributed by atoms with van der Waals surface area (Å²) in [4.78, 5) is 27.1. The van der Waals surface area contributed by atoms with Crippen molar-refractivity contribution in [3.05, 3.63) is 60.1 Å². The zero-order chi connectivity index (χ0) is 21.1. The Hall–Kier alpha value is -3.88. The Morgan fingerprint density at radius 2 is 1.90 bits per heavy atom. The van der Waals surface area contributed by atoms with Gasteiger partial charge in [-0.2, -0.15) is 5.10 Å². The molecule has 1 fully saturated rings. The highest BCUT2D eigenvalue weighted by atomic mass is 16.2. The first-order valence-corrected chi connectivity index (χ1v) is 9.74. The summed E-state index contributed by atoms with van der Waals surface area (Å²) in [6, 6.07) is 9.87. The second-order valence-electron chi connectivity index (χ2n) is 7.14. The third-order valence-corrected chi connectivity index (χ3v) is 5.03. The van der Waals surface area contributed by atoms with Crippen molar-refractivity contribution in [1.82, 2.24) is 29.8 Å². The van der Waals surface area contributed by atoms with Gasteiger partial charge in [0, 0.05) is 31.9 Å². The molecule has 3 aromatic rings. The topological polar surface area (TPSA) is 112 Å². The van der Waals surface area contributed by atoms with Crippen molar-refractivity contribution < 1.29 is 9.59 Å². The van der Waals surface area contributed by atoms with E-state index in [4.69, 9.17) is 5.41 Å². The number of amidine groups is 1. The molecule has 9 nitrogen and oxygen atoms in total. The smallest absolute Gasteiger partial charge is 0.275 e. The third-order valence-electron chi connectivity index (χ3n) is 5.03. The average Bonchev–Trinajstić information content (AvgIpc) is 3.37. The second-order valence-corrected chi connectivity index (χ2v) is 7.14. The van der Waals surface area contributed by atoms with Gasteiger partial charge in [0.1, 0.15) is 11.5 Å². The van der Waals surface area contributed by atoms with E-state index in [9.17, 15) is 9.59 Å². The summed E-state index contributed by atoms with van der Waals surface area (Å²) in [6.45, 7) is 1.38. The number of hydrogen-bond acceptors (Lipinski definition) is 4. The highest BCUT2D eigenvalue weighted by Gasteiger charge is 2.27. The summed E-state index contributed by atoms with van der Waals surface area (Å²) in [5.41, 5.74) is 2.44. The number of H-pyrrole nitrogens is 1. The number of amides is 2. The van der Waals surface area contributed by atoms with E-state index in [1.165, 1.54) is 17.0 Å². The monoisotopic (exact) mass is 405 g/mol. The summed E-state index contributed by atoms with van der Waals surface area (Å²) < 4.78 is 3.05. The minimum absolute atomic E-state index is 0.0934. The van der Waals surface area contributed by atoms with Gasteiger partial charge < -0.3 is 10.2 Å². The Morgan fingerprint density at radius 3 is 2.60 bits per heavy atom. The number of hydrogen-bond donors (Lipinski definition) is 3. The molecule has 3 heterocycles. The molecule has 30 heavy (non-hydrogen) atoms. The van der Waals surface area contributed by atoms with Gasteiger partial charge in [-0.15, -0.1) is 0 Å². The fraction of sp³-hybridized carbons (Fsp3) is 0.238. The van der Waals surface area contributed by atoms with Crippen molar-refractivity contribution in [2.75, 3.05) is 13.1 Å². The minimum atomic E-state index is -0.538. The first kappa shape index (κ1) is 19.4. The molecular weight excluding hydrogens is 382 g/mol. The normalized spacial score (nSPS) is 13.8. The molecule has 4 rings (SSSR count). The molecule has 1 aromatic carbocycles. The second kappa shape index (κ2) is 8.24. The number of carbonyl (C=O) groups is 2. The molecule has 1 aliphatic heterocycles. The fourth-order valence-electron chi connectivity index (χ4n) is 3.44. The number of aromatic amines is 1. The highest BCUT2D eigenvalue weighted by Crippen LogP contribution is 2.18. The van der Waals surface area contributed by atoms with Crippen LogP contribution < -0.4 is 5.32 Å². The number of benzene rings is 1. The quantitative estimate of drug-likeness (QED) is 0.447. The van der Waals surface area contributed by atoms with Crippen LogP contribution in [0.2, 0.25) is 0 Å². The van der Waals surface area contributed by atoms with Crippen LogP contribution in [0.1, 0.15) is 33.7 Å². The van der Waals surface area contributed by atoms with Crippen LogP contribution in [0.3, 0.4) is 0 Å². The molecule has 0 spiro atoms. The SMILES string of the molecule is Cn1ncc(C(=O)N2CCCC2)c1C(=O)NC(=N)/C=C\n1cc(-c2ccccc2)[nH]1. The lowest BCUT2D eigenvalue weighted by Gasteiger charge is -2.15. The van der Waals surface area contributed by atoms with Gasteiger partial charge in [-0.3, -0.25) is 29.5 Å². The Balaban J connectivity index is 1.39. The van der Waals surface area contributed by atoms with Crippen molar-refractivity contribution in [2.24, 2.45) is 7.05 Å². The number of aryl methyl sites for hydroxylation is 1. The van der Waals surface area contributed by atoms with Gasteiger partial charge in [-0.1, -0.05) is 30.3 Å². The Bertz CT molecular complexity index is 1090. The average molecular weight is 405 g/mol. The van der Waals surface area contributed by atoms with Crippen LogP contribution in [0.15, 0.2) is 48.8 Å². The lowest BCUT2D eigenvalue weighted by atomic mass is 10.2. The van der Waals surface area contributed by atoms with Crippen molar-refractivity contribution in [2.45, 2.75) is 12.8 Å². The zero-order valence-electron chi connectivity index (χ0n) is 16.6. The van der Waals surface area contributed by atoms with Crippen molar-refractivity contribution in [3.8, 4) is 11.3 Å². The van der Waals surface area contributed by atoms with Gasteiger partial charge >= 0.3 is 0 Å².